The Morgan fingerprint density at radius 3 is 1.85 bits per heavy atom. The highest BCUT2D eigenvalue weighted by Gasteiger charge is 2.44. The van der Waals surface area contributed by atoms with Gasteiger partial charge in [0.25, 0.3) is 6.43 Å². The molecule has 0 aliphatic heterocycles. The molecule has 0 fully saturated rings. The molecular weight excluding hydrogens is 190 g/mol. The summed E-state index contributed by atoms with van der Waals surface area (Å²) in [6.07, 6.45) is -3.30. The van der Waals surface area contributed by atoms with Gasteiger partial charge in [-0.3, -0.25) is 8.78 Å². The number of nitroso groups, excluding NO2 is 1. The lowest BCUT2D eigenvalue weighted by molar-refractivity contribution is 0.0108. The Bertz CT molecular complexity index is 152. The molecular formula is C7H11F4NO. The molecule has 0 rings (SSSR count). The van der Waals surface area contributed by atoms with Crippen LogP contribution in [0.25, 0.3) is 0 Å². The maximum Gasteiger partial charge on any atom is 0.264 e. The molecule has 0 aliphatic rings. The summed E-state index contributed by atoms with van der Waals surface area (Å²) >= 11 is 0. The molecule has 0 heterocycles. The first-order valence-corrected chi connectivity index (χ1v) is 3.80. The monoisotopic (exact) mass is 201 g/mol. The summed E-state index contributed by atoms with van der Waals surface area (Å²) in [7, 11) is 0. The highest BCUT2D eigenvalue weighted by molar-refractivity contribution is 4.91. The van der Waals surface area contributed by atoms with Gasteiger partial charge in [-0.15, -0.1) is 0 Å². The highest BCUT2D eigenvalue weighted by Crippen LogP contribution is 2.33. The summed E-state index contributed by atoms with van der Waals surface area (Å²) < 4.78 is 48.9. The molecule has 0 saturated carbocycles. The van der Waals surface area contributed by atoms with Crippen LogP contribution in [0.3, 0.4) is 0 Å². The van der Waals surface area contributed by atoms with E-state index in [1.54, 1.807) is 0 Å². The molecule has 0 N–H and O–H groups in total. The normalized spacial score (nSPS) is 14.6. The standard InChI is InChI=1S/C7H11F4NO/c1-2-7(3-8,4-9)5(12-13)6(10)11/h5-6H,2-4H2,1H3. The van der Waals surface area contributed by atoms with Gasteiger partial charge >= 0.3 is 0 Å². The minimum Gasteiger partial charge on any atom is -0.250 e. The van der Waals surface area contributed by atoms with Gasteiger partial charge in [0.15, 0.2) is 6.04 Å². The largest absolute Gasteiger partial charge is 0.264 e. The Labute approximate surface area is 73.3 Å². The Hall–Kier alpha value is -0.680. The van der Waals surface area contributed by atoms with Crippen molar-refractivity contribution in [3.05, 3.63) is 4.91 Å². The quantitative estimate of drug-likeness (QED) is 0.480. The predicted octanol–water partition coefficient (Wildman–Crippen LogP) is 2.72. The Morgan fingerprint density at radius 2 is 1.77 bits per heavy atom. The van der Waals surface area contributed by atoms with Crippen LogP contribution >= 0.6 is 0 Å². The third-order valence-corrected chi connectivity index (χ3v) is 2.22. The van der Waals surface area contributed by atoms with Crippen molar-refractivity contribution in [3.63, 3.8) is 0 Å². The second-order valence-electron chi connectivity index (χ2n) is 2.87. The van der Waals surface area contributed by atoms with Crippen LogP contribution in [0, 0.1) is 10.3 Å². The van der Waals surface area contributed by atoms with E-state index in [1.165, 1.54) is 6.92 Å². The van der Waals surface area contributed by atoms with E-state index in [0.717, 1.165) is 0 Å². The SMILES string of the molecule is CCC(CF)(CF)C(N=O)C(F)F. The van der Waals surface area contributed by atoms with Gasteiger partial charge in [0, 0.05) is 0 Å². The summed E-state index contributed by atoms with van der Waals surface area (Å²) in [5.74, 6) is 0. The summed E-state index contributed by atoms with van der Waals surface area (Å²) in [6, 6.07) is -2.10. The average molecular weight is 201 g/mol. The van der Waals surface area contributed by atoms with Crippen molar-refractivity contribution in [2.45, 2.75) is 25.8 Å². The van der Waals surface area contributed by atoms with Crippen molar-refractivity contribution in [1.82, 2.24) is 0 Å². The zero-order chi connectivity index (χ0) is 10.5. The minimum atomic E-state index is -3.12. The van der Waals surface area contributed by atoms with Crippen molar-refractivity contribution in [2.75, 3.05) is 13.3 Å². The Kier molecular flexibility index (Phi) is 4.87. The maximum absolute atomic E-state index is 12.3. The van der Waals surface area contributed by atoms with Gasteiger partial charge < -0.3 is 0 Å². The van der Waals surface area contributed by atoms with E-state index in [-0.39, 0.29) is 6.42 Å². The van der Waals surface area contributed by atoms with Crippen LogP contribution in [0.15, 0.2) is 5.18 Å². The van der Waals surface area contributed by atoms with Crippen molar-refractivity contribution in [1.29, 1.82) is 0 Å². The van der Waals surface area contributed by atoms with Crippen LogP contribution in [0.5, 0.6) is 0 Å². The van der Waals surface area contributed by atoms with Crippen molar-refractivity contribution in [3.8, 4) is 0 Å². The van der Waals surface area contributed by atoms with Crippen molar-refractivity contribution < 1.29 is 17.6 Å². The molecule has 0 aromatic carbocycles. The summed E-state index contributed by atoms with van der Waals surface area (Å²) in [6.45, 7) is -1.26. The van der Waals surface area contributed by atoms with Crippen LogP contribution in [0.4, 0.5) is 17.6 Å². The van der Waals surface area contributed by atoms with Gasteiger partial charge in [0.2, 0.25) is 0 Å². The van der Waals surface area contributed by atoms with Crippen LogP contribution < -0.4 is 0 Å². The number of rotatable bonds is 6. The van der Waals surface area contributed by atoms with Gasteiger partial charge in [-0.05, 0) is 6.42 Å². The molecule has 13 heavy (non-hydrogen) atoms. The van der Waals surface area contributed by atoms with Crippen molar-refractivity contribution in [2.24, 2.45) is 10.6 Å². The zero-order valence-electron chi connectivity index (χ0n) is 7.14. The molecule has 6 heteroatoms. The molecule has 0 aliphatic carbocycles. The van der Waals surface area contributed by atoms with E-state index >= 15 is 0 Å². The number of alkyl halides is 4. The molecule has 0 aromatic rings. The number of nitrogens with zero attached hydrogens (tertiary/aromatic N) is 1. The molecule has 1 atom stereocenters. The van der Waals surface area contributed by atoms with Crippen LogP contribution in [-0.2, 0) is 0 Å². The third kappa shape index (κ3) is 2.38. The smallest absolute Gasteiger partial charge is 0.250 e. The molecule has 0 spiro atoms. The lowest BCUT2D eigenvalue weighted by atomic mass is 9.81. The molecule has 2 nitrogen and oxygen atoms in total. The number of hydrogen-bond donors (Lipinski definition) is 0. The molecule has 0 radical (unpaired) electrons. The first-order chi connectivity index (χ1) is 6.07. The first-order valence-electron chi connectivity index (χ1n) is 3.80. The maximum atomic E-state index is 12.3. The first kappa shape index (κ1) is 12.3. The van der Waals surface area contributed by atoms with Gasteiger partial charge in [0.05, 0.1) is 18.8 Å². The fourth-order valence-electron chi connectivity index (χ4n) is 1.02. The lowest BCUT2D eigenvalue weighted by Crippen LogP contribution is -2.42. The molecule has 78 valence electrons. The van der Waals surface area contributed by atoms with E-state index in [2.05, 4.69) is 5.18 Å². The van der Waals surface area contributed by atoms with Gasteiger partial charge in [-0.25, -0.2) is 8.78 Å². The van der Waals surface area contributed by atoms with E-state index in [1.807, 2.05) is 0 Å². The second kappa shape index (κ2) is 5.14. The van der Waals surface area contributed by atoms with Gasteiger partial charge in [-0.2, -0.15) is 4.91 Å². The Morgan fingerprint density at radius 1 is 1.31 bits per heavy atom. The Balaban J connectivity index is 4.76. The topological polar surface area (TPSA) is 29.4 Å². The minimum absolute atomic E-state index is 0.180. The zero-order valence-corrected chi connectivity index (χ0v) is 7.14. The van der Waals surface area contributed by atoms with Crippen LogP contribution in [-0.4, -0.2) is 25.8 Å². The summed E-state index contributed by atoms with van der Waals surface area (Å²) in [4.78, 5) is 10.0. The lowest BCUT2D eigenvalue weighted by Gasteiger charge is -2.29. The van der Waals surface area contributed by atoms with E-state index in [9.17, 15) is 22.5 Å². The molecule has 0 aromatic heterocycles. The van der Waals surface area contributed by atoms with E-state index < -0.39 is 31.2 Å². The number of hydrogen-bond acceptors (Lipinski definition) is 2. The van der Waals surface area contributed by atoms with Crippen LogP contribution in [0.1, 0.15) is 13.3 Å². The average Bonchev–Trinajstić information content (AvgIpc) is 2.13. The molecule has 0 bridgehead atoms. The molecule has 0 amide bonds. The van der Waals surface area contributed by atoms with Crippen molar-refractivity contribution >= 4 is 0 Å². The van der Waals surface area contributed by atoms with Gasteiger partial charge in [-0.1, -0.05) is 12.1 Å². The summed E-state index contributed by atoms with van der Waals surface area (Å²) in [5.41, 5.74) is -1.95. The fourth-order valence-corrected chi connectivity index (χ4v) is 1.02. The third-order valence-electron chi connectivity index (χ3n) is 2.22. The predicted molar refractivity (Wildman–Crippen MR) is 40.3 cm³/mol. The highest BCUT2D eigenvalue weighted by atomic mass is 19.3. The molecule has 0 saturated heterocycles. The fraction of sp³-hybridized carbons (Fsp3) is 1.00. The molecule has 1 unspecified atom stereocenters. The van der Waals surface area contributed by atoms with Gasteiger partial charge in [0.1, 0.15) is 0 Å². The second-order valence-corrected chi connectivity index (χ2v) is 2.87. The summed E-state index contributed by atoms with van der Waals surface area (Å²) in [5, 5.41) is 2.09. The van der Waals surface area contributed by atoms with E-state index in [4.69, 9.17) is 0 Å². The number of halogens is 4. The van der Waals surface area contributed by atoms with E-state index in [0.29, 0.717) is 0 Å². The van der Waals surface area contributed by atoms with Crippen LogP contribution in [0.2, 0.25) is 0 Å².